The molecule has 0 fully saturated rings. The van der Waals surface area contributed by atoms with Gasteiger partial charge >= 0.3 is 0 Å². The van der Waals surface area contributed by atoms with Crippen LogP contribution in [-0.4, -0.2) is 24.0 Å². The lowest BCUT2D eigenvalue weighted by atomic mass is 10.2. The molecule has 0 radical (unpaired) electrons. The van der Waals surface area contributed by atoms with Gasteiger partial charge in [0.2, 0.25) is 0 Å². The van der Waals surface area contributed by atoms with E-state index in [1.165, 1.54) is 29.1 Å². The van der Waals surface area contributed by atoms with Crippen LogP contribution in [0.5, 0.6) is 0 Å². The molecule has 1 heterocycles. The van der Waals surface area contributed by atoms with E-state index in [-0.39, 0.29) is 0 Å². The number of nitrogens with two attached hydrogens (primary N) is 1. The van der Waals surface area contributed by atoms with Gasteiger partial charge < -0.3 is 11.1 Å². The van der Waals surface area contributed by atoms with E-state index in [9.17, 15) is 0 Å². The number of nitrogens with zero attached hydrogens (tertiary/aromatic N) is 2. The van der Waals surface area contributed by atoms with Crippen molar-refractivity contribution in [2.75, 3.05) is 13.1 Å². The summed E-state index contributed by atoms with van der Waals surface area (Å²) in [6.07, 6.45) is 8.85. The number of guanidine groups is 1. The van der Waals surface area contributed by atoms with Crippen molar-refractivity contribution in [3.05, 3.63) is 16.1 Å². The molecule has 0 unspecified atom stereocenters. The molecular weight excluding hydrogens is 256 g/mol. The van der Waals surface area contributed by atoms with E-state index >= 15 is 0 Å². The molecule has 4 nitrogen and oxygen atoms in total. The first kappa shape index (κ1) is 16.0. The smallest absolute Gasteiger partial charge is 0.188 e. The number of aliphatic imine (C=N–C) groups is 1. The Morgan fingerprint density at radius 1 is 1.37 bits per heavy atom. The molecule has 0 saturated carbocycles. The molecule has 0 saturated heterocycles. The minimum absolute atomic E-state index is 0.559. The van der Waals surface area contributed by atoms with E-state index in [0.717, 1.165) is 32.4 Å². The average molecular weight is 282 g/mol. The summed E-state index contributed by atoms with van der Waals surface area (Å²) in [6.45, 7) is 6.00. The van der Waals surface area contributed by atoms with Crippen molar-refractivity contribution in [1.29, 1.82) is 0 Å². The van der Waals surface area contributed by atoms with Crippen LogP contribution >= 0.6 is 11.3 Å². The number of aromatic nitrogens is 1. The van der Waals surface area contributed by atoms with E-state index in [1.807, 2.05) is 6.20 Å². The first-order valence-corrected chi connectivity index (χ1v) is 8.05. The molecule has 0 spiro atoms. The molecule has 5 heteroatoms. The van der Waals surface area contributed by atoms with Gasteiger partial charge in [0.15, 0.2) is 5.96 Å². The van der Waals surface area contributed by atoms with Gasteiger partial charge in [-0.3, -0.25) is 4.99 Å². The number of nitrogens with one attached hydrogen (secondary N) is 1. The monoisotopic (exact) mass is 282 g/mol. The SMILES string of the molecule is CCCCCCN=C(N)NCCc1ncc(CC)s1. The molecule has 1 aromatic rings. The molecule has 0 amide bonds. The number of thiazole rings is 1. The second kappa shape index (κ2) is 9.78. The van der Waals surface area contributed by atoms with Crippen LogP contribution in [-0.2, 0) is 12.8 Å². The third-order valence-corrected chi connectivity index (χ3v) is 4.09. The molecular formula is C14H26N4S. The molecule has 1 rings (SSSR count). The van der Waals surface area contributed by atoms with Crippen LogP contribution in [0.2, 0.25) is 0 Å². The highest BCUT2D eigenvalue weighted by molar-refractivity contribution is 7.11. The highest BCUT2D eigenvalue weighted by Gasteiger charge is 2.00. The van der Waals surface area contributed by atoms with Crippen molar-refractivity contribution in [2.45, 2.75) is 52.4 Å². The topological polar surface area (TPSA) is 63.3 Å². The predicted octanol–water partition coefficient (Wildman–Crippen LogP) is 2.73. The molecule has 108 valence electrons. The summed E-state index contributed by atoms with van der Waals surface area (Å²) in [6, 6.07) is 0. The molecule has 0 aliphatic heterocycles. The third-order valence-electron chi connectivity index (χ3n) is 2.89. The Morgan fingerprint density at radius 2 is 2.21 bits per heavy atom. The van der Waals surface area contributed by atoms with Gasteiger partial charge in [-0.05, 0) is 12.8 Å². The Hall–Kier alpha value is -1.10. The summed E-state index contributed by atoms with van der Waals surface area (Å²) in [5.74, 6) is 0.559. The standard InChI is InChI=1S/C14H26N4S/c1-3-5-6-7-9-16-14(15)17-10-8-13-18-11-12(4-2)19-13/h11H,3-10H2,1-2H3,(H3,15,16,17). The second-order valence-corrected chi connectivity index (χ2v) is 5.78. The van der Waals surface area contributed by atoms with Crippen LogP contribution in [0.4, 0.5) is 0 Å². The van der Waals surface area contributed by atoms with Crippen LogP contribution in [0, 0.1) is 0 Å². The highest BCUT2D eigenvalue weighted by Crippen LogP contribution is 2.13. The van der Waals surface area contributed by atoms with E-state index in [1.54, 1.807) is 11.3 Å². The number of hydrogen-bond donors (Lipinski definition) is 2. The van der Waals surface area contributed by atoms with E-state index in [0.29, 0.717) is 5.96 Å². The zero-order valence-electron chi connectivity index (χ0n) is 12.1. The van der Waals surface area contributed by atoms with Crippen molar-refractivity contribution >= 4 is 17.3 Å². The quantitative estimate of drug-likeness (QED) is 0.416. The summed E-state index contributed by atoms with van der Waals surface area (Å²) in [4.78, 5) is 10.0. The Morgan fingerprint density at radius 3 is 2.89 bits per heavy atom. The summed E-state index contributed by atoms with van der Waals surface area (Å²) in [5.41, 5.74) is 5.81. The average Bonchev–Trinajstić information content (AvgIpc) is 2.86. The molecule has 0 atom stereocenters. The van der Waals surface area contributed by atoms with Crippen LogP contribution in [0.1, 0.15) is 49.4 Å². The second-order valence-electron chi connectivity index (χ2n) is 4.58. The van der Waals surface area contributed by atoms with E-state index < -0.39 is 0 Å². The summed E-state index contributed by atoms with van der Waals surface area (Å²) in [5, 5.41) is 4.31. The van der Waals surface area contributed by atoms with E-state index in [4.69, 9.17) is 5.73 Å². The first-order valence-electron chi connectivity index (χ1n) is 7.23. The van der Waals surface area contributed by atoms with Gasteiger partial charge in [-0.1, -0.05) is 33.1 Å². The number of unbranched alkanes of at least 4 members (excludes halogenated alkanes) is 3. The van der Waals surface area contributed by atoms with Crippen LogP contribution in [0.3, 0.4) is 0 Å². The van der Waals surface area contributed by atoms with Gasteiger partial charge in [0.25, 0.3) is 0 Å². The largest absolute Gasteiger partial charge is 0.370 e. The van der Waals surface area contributed by atoms with Gasteiger partial charge in [-0.25, -0.2) is 4.98 Å². The number of rotatable bonds is 9. The van der Waals surface area contributed by atoms with Crippen molar-refractivity contribution in [1.82, 2.24) is 10.3 Å². The Labute approximate surface area is 120 Å². The maximum Gasteiger partial charge on any atom is 0.188 e. The summed E-state index contributed by atoms with van der Waals surface area (Å²) in [7, 11) is 0. The number of aryl methyl sites for hydroxylation is 1. The Kier molecular flexibility index (Phi) is 8.21. The molecule has 0 bridgehead atoms. The predicted molar refractivity (Wildman–Crippen MR) is 83.8 cm³/mol. The fraction of sp³-hybridized carbons (Fsp3) is 0.714. The van der Waals surface area contributed by atoms with Crippen molar-refractivity contribution < 1.29 is 0 Å². The Balaban J connectivity index is 2.12. The summed E-state index contributed by atoms with van der Waals surface area (Å²) >= 11 is 1.78. The molecule has 0 aliphatic rings. The zero-order chi connectivity index (χ0) is 13.9. The minimum Gasteiger partial charge on any atom is -0.370 e. The lowest BCUT2D eigenvalue weighted by Gasteiger charge is -2.04. The molecule has 1 aromatic heterocycles. The molecule has 0 aromatic carbocycles. The third kappa shape index (κ3) is 7.15. The fourth-order valence-corrected chi connectivity index (χ4v) is 2.58. The normalized spacial score (nSPS) is 11.8. The lowest BCUT2D eigenvalue weighted by molar-refractivity contribution is 0.673. The van der Waals surface area contributed by atoms with E-state index in [2.05, 4.69) is 29.1 Å². The number of hydrogen-bond acceptors (Lipinski definition) is 3. The Bertz CT molecular complexity index is 373. The van der Waals surface area contributed by atoms with Gasteiger partial charge in [0, 0.05) is 30.6 Å². The van der Waals surface area contributed by atoms with Gasteiger partial charge in [-0.15, -0.1) is 11.3 Å². The van der Waals surface area contributed by atoms with Gasteiger partial charge in [-0.2, -0.15) is 0 Å². The van der Waals surface area contributed by atoms with Crippen molar-refractivity contribution in [3.63, 3.8) is 0 Å². The van der Waals surface area contributed by atoms with Crippen LogP contribution in [0.15, 0.2) is 11.2 Å². The summed E-state index contributed by atoms with van der Waals surface area (Å²) < 4.78 is 0. The fourth-order valence-electron chi connectivity index (χ4n) is 1.72. The van der Waals surface area contributed by atoms with Gasteiger partial charge in [0.1, 0.15) is 0 Å². The van der Waals surface area contributed by atoms with Crippen molar-refractivity contribution in [3.8, 4) is 0 Å². The zero-order valence-corrected chi connectivity index (χ0v) is 12.9. The molecule has 0 aliphatic carbocycles. The van der Waals surface area contributed by atoms with Crippen LogP contribution < -0.4 is 11.1 Å². The maximum atomic E-state index is 5.81. The van der Waals surface area contributed by atoms with Crippen molar-refractivity contribution in [2.24, 2.45) is 10.7 Å². The first-order chi connectivity index (χ1) is 9.26. The minimum atomic E-state index is 0.559. The molecule has 19 heavy (non-hydrogen) atoms. The maximum absolute atomic E-state index is 5.81. The highest BCUT2D eigenvalue weighted by atomic mass is 32.1. The van der Waals surface area contributed by atoms with Crippen LogP contribution in [0.25, 0.3) is 0 Å². The van der Waals surface area contributed by atoms with Gasteiger partial charge in [0.05, 0.1) is 5.01 Å². The molecule has 3 N–H and O–H groups in total. The lowest BCUT2D eigenvalue weighted by Crippen LogP contribution is -2.33.